The normalized spacial score (nSPS) is 19.5. The Hall–Kier alpha value is 0.170. The van der Waals surface area contributed by atoms with Crippen LogP contribution in [0.5, 0.6) is 0 Å². The quantitative estimate of drug-likeness (QED) is 0.509. The fourth-order valence-electron chi connectivity index (χ4n) is 1.91. The summed E-state index contributed by atoms with van der Waals surface area (Å²) >= 11 is 0. The van der Waals surface area contributed by atoms with E-state index in [2.05, 4.69) is 12.2 Å². The van der Waals surface area contributed by atoms with E-state index in [1.807, 2.05) is 21.6 Å². The zero-order valence-electron chi connectivity index (χ0n) is 10.9. The molecule has 1 amide bonds. The summed E-state index contributed by atoms with van der Waals surface area (Å²) in [7, 11) is 4.04. The Bertz CT molecular complexity index is 206. The topological polar surface area (TPSA) is 29.1 Å². The van der Waals surface area contributed by atoms with Gasteiger partial charge in [0.15, 0.2) is 0 Å². The van der Waals surface area contributed by atoms with Crippen molar-refractivity contribution in [1.29, 1.82) is 0 Å². The molecule has 1 aliphatic rings. The molecule has 1 rings (SSSR count). The second-order valence-electron chi connectivity index (χ2n) is 4.63. The van der Waals surface area contributed by atoms with Crippen LogP contribution in [-0.4, -0.2) is 23.5 Å². The molecule has 0 bridgehead atoms. The van der Waals surface area contributed by atoms with Crippen LogP contribution in [0.25, 0.3) is 0 Å². The average Bonchev–Trinajstić information content (AvgIpc) is 2.83. The third-order valence-electron chi connectivity index (χ3n) is 3.01. The van der Waals surface area contributed by atoms with Crippen LogP contribution in [0.15, 0.2) is 0 Å². The maximum atomic E-state index is 11.5. The van der Waals surface area contributed by atoms with E-state index in [-0.39, 0.29) is 5.91 Å². The third kappa shape index (κ3) is 7.98. The van der Waals surface area contributed by atoms with Gasteiger partial charge in [0.1, 0.15) is 0 Å². The van der Waals surface area contributed by atoms with Gasteiger partial charge in [-0.3, -0.25) is 4.79 Å². The van der Waals surface area contributed by atoms with Crippen LogP contribution >= 0.6 is 21.6 Å². The van der Waals surface area contributed by atoms with Crippen molar-refractivity contribution in [1.82, 2.24) is 5.32 Å². The van der Waals surface area contributed by atoms with Crippen LogP contribution in [0.3, 0.4) is 0 Å². The van der Waals surface area contributed by atoms with Gasteiger partial charge >= 0.3 is 0 Å². The van der Waals surface area contributed by atoms with Gasteiger partial charge in [-0.15, -0.1) is 0 Å². The van der Waals surface area contributed by atoms with Crippen molar-refractivity contribution in [2.45, 2.75) is 63.5 Å². The summed E-state index contributed by atoms with van der Waals surface area (Å²) in [5, 5.41) is 3.85. The van der Waals surface area contributed by atoms with Crippen molar-refractivity contribution in [2.24, 2.45) is 0 Å². The minimum Gasteiger partial charge on any atom is -0.356 e. The molecule has 0 aromatic carbocycles. The summed E-state index contributed by atoms with van der Waals surface area (Å²) in [6.45, 7) is 3.04. The number of amides is 1. The van der Waals surface area contributed by atoms with Gasteiger partial charge in [0, 0.05) is 24.0 Å². The van der Waals surface area contributed by atoms with E-state index in [4.69, 9.17) is 0 Å². The van der Waals surface area contributed by atoms with E-state index >= 15 is 0 Å². The minimum atomic E-state index is 0.245. The van der Waals surface area contributed by atoms with E-state index in [1.54, 1.807) is 0 Å². The van der Waals surface area contributed by atoms with E-state index in [0.29, 0.717) is 0 Å². The van der Waals surface area contributed by atoms with Gasteiger partial charge in [-0.2, -0.15) is 0 Å². The Balaban J connectivity index is 1.85. The molecule has 1 N–H and O–H groups in total. The molecule has 1 atom stereocenters. The molecule has 0 aromatic heterocycles. The van der Waals surface area contributed by atoms with Gasteiger partial charge in [0.25, 0.3) is 0 Å². The lowest BCUT2D eigenvalue weighted by Crippen LogP contribution is -2.23. The highest BCUT2D eigenvalue weighted by Gasteiger charge is 2.15. The maximum absolute atomic E-state index is 11.5. The predicted octanol–water partition coefficient (Wildman–Crippen LogP) is 4.01. The summed E-state index contributed by atoms with van der Waals surface area (Å²) in [4.78, 5) is 11.5. The lowest BCUT2D eigenvalue weighted by molar-refractivity contribution is -0.121. The monoisotopic (exact) mass is 275 g/mol. The Morgan fingerprint density at radius 1 is 1.29 bits per heavy atom. The van der Waals surface area contributed by atoms with Crippen molar-refractivity contribution in [2.75, 3.05) is 12.3 Å². The molecular formula is C13H25NOS2. The van der Waals surface area contributed by atoms with Crippen LogP contribution in [0.1, 0.15) is 58.3 Å². The molecule has 1 unspecified atom stereocenters. The zero-order chi connectivity index (χ0) is 12.3. The fourth-order valence-corrected chi connectivity index (χ4v) is 4.94. The lowest BCUT2D eigenvalue weighted by atomic mass is 10.1. The molecule has 0 radical (unpaired) electrons. The molecule has 1 saturated heterocycles. The first-order valence-electron chi connectivity index (χ1n) is 6.88. The van der Waals surface area contributed by atoms with Crippen molar-refractivity contribution in [3.05, 3.63) is 0 Å². The molecule has 0 saturated carbocycles. The van der Waals surface area contributed by atoms with Gasteiger partial charge < -0.3 is 5.32 Å². The Kier molecular flexibility index (Phi) is 9.07. The van der Waals surface area contributed by atoms with Crippen LogP contribution in [0.2, 0.25) is 0 Å². The Morgan fingerprint density at radius 3 is 2.88 bits per heavy atom. The number of carbonyl (C=O) groups excluding carboxylic acids is 1. The second-order valence-corrected chi connectivity index (χ2v) is 7.42. The van der Waals surface area contributed by atoms with Gasteiger partial charge in [-0.25, -0.2) is 0 Å². The minimum absolute atomic E-state index is 0.245. The van der Waals surface area contributed by atoms with E-state index in [9.17, 15) is 4.79 Å². The fraction of sp³-hybridized carbons (Fsp3) is 0.923. The SMILES string of the molecule is CCCCCNC(=O)CCCCC1CCSS1. The zero-order valence-corrected chi connectivity index (χ0v) is 12.5. The molecule has 1 heterocycles. The van der Waals surface area contributed by atoms with Gasteiger partial charge in [0.05, 0.1) is 0 Å². The highest BCUT2D eigenvalue weighted by molar-refractivity contribution is 8.77. The summed E-state index contributed by atoms with van der Waals surface area (Å²) in [6.07, 6.45) is 9.19. The van der Waals surface area contributed by atoms with Crippen molar-refractivity contribution in [3.63, 3.8) is 0 Å². The number of rotatable bonds is 9. The van der Waals surface area contributed by atoms with Crippen LogP contribution in [0, 0.1) is 0 Å². The van der Waals surface area contributed by atoms with Crippen LogP contribution in [-0.2, 0) is 4.79 Å². The lowest BCUT2D eigenvalue weighted by Gasteiger charge is -2.07. The predicted molar refractivity (Wildman–Crippen MR) is 79.5 cm³/mol. The smallest absolute Gasteiger partial charge is 0.219 e. The first-order valence-corrected chi connectivity index (χ1v) is 9.26. The molecule has 4 heteroatoms. The third-order valence-corrected chi connectivity index (χ3v) is 6.02. The number of nitrogens with one attached hydrogen (secondary N) is 1. The van der Waals surface area contributed by atoms with Crippen LogP contribution < -0.4 is 5.32 Å². The van der Waals surface area contributed by atoms with Crippen LogP contribution in [0.4, 0.5) is 0 Å². The molecular weight excluding hydrogens is 250 g/mol. The van der Waals surface area contributed by atoms with E-state index < -0.39 is 0 Å². The summed E-state index contributed by atoms with van der Waals surface area (Å²) in [5.74, 6) is 1.56. The van der Waals surface area contributed by atoms with Gasteiger partial charge in [0.2, 0.25) is 5.91 Å². The average molecular weight is 275 g/mol. The molecule has 0 aromatic rings. The maximum Gasteiger partial charge on any atom is 0.219 e. The molecule has 100 valence electrons. The van der Waals surface area contributed by atoms with Crippen molar-refractivity contribution < 1.29 is 4.79 Å². The number of carbonyl (C=O) groups is 1. The molecule has 1 aliphatic heterocycles. The Morgan fingerprint density at radius 2 is 2.18 bits per heavy atom. The van der Waals surface area contributed by atoms with Crippen molar-refractivity contribution >= 4 is 27.5 Å². The second kappa shape index (κ2) is 10.1. The molecule has 17 heavy (non-hydrogen) atoms. The number of hydrogen-bond donors (Lipinski definition) is 1. The molecule has 0 aliphatic carbocycles. The first-order chi connectivity index (χ1) is 8.33. The summed E-state index contributed by atoms with van der Waals surface area (Å²) < 4.78 is 0. The highest BCUT2D eigenvalue weighted by atomic mass is 33.1. The highest BCUT2D eigenvalue weighted by Crippen LogP contribution is 2.39. The molecule has 1 fully saturated rings. The largest absolute Gasteiger partial charge is 0.356 e. The molecule has 0 spiro atoms. The summed E-state index contributed by atoms with van der Waals surface area (Å²) in [5.41, 5.74) is 0. The van der Waals surface area contributed by atoms with Gasteiger partial charge in [-0.1, -0.05) is 47.8 Å². The number of hydrogen-bond acceptors (Lipinski definition) is 3. The first kappa shape index (κ1) is 15.2. The number of unbranched alkanes of at least 4 members (excludes halogenated alkanes) is 3. The van der Waals surface area contributed by atoms with E-state index in [1.165, 1.54) is 37.9 Å². The van der Waals surface area contributed by atoms with Crippen molar-refractivity contribution in [3.8, 4) is 0 Å². The summed E-state index contributed by atoms with van der Waals surface area (Å²) in [6, 6.07) is 0. The molecule has 2 nitrogen and oxygen atoms in total. The Labute approximate surface area is 113 Å². The standard InChI is InChI=1S/C13H25NOS2/c1-2-3-6-10-14-13(15)8-5-4-7-12-9-11-16-17-12/h12H,2-11H2,1H3,(H,14,15). The van der Waals surface area contributed by atoms with E-state index in [0.717, 1.165) is 31.1 Å². The van der Waals surface area contributed by atoms with Gasteiger partial charge in [-0.05, 0) is 25.7 Å².